The Morgan fingerprint density at radius 1 is 1.28 bits per heavy atom. The topological polar surface area (TPSA) is 140 Å². The molecule has 0 aliphatic carbocycles. The Morgan fingerprint density at radius 2 is 1.90 bits per heavy atom. The summed E-state index contributed by atoms with van der Waals surface area (Å²) in [5, 5.41) is 2.58. The number of imidazole rings is 1. The van der Waals surface area contributed by atoms with Gasteiger partial charge in [-0.05, 0) is 27.7 Å². The fourth-order valence-corrected chi connectivity index (χ4v) is 3.17. The summed E-state index contributed by atoms with van der Waals surface area (Å²) in [7, 11) is -0.756. The summed E-state index contributed by atoms with van der Waals surface area (Å²) in [6.07, 6.45) is 1.10. The van der Waals surface area contributed by atoms with E-state index in [9.17, 15) is 22.8 Å². The minimum absolute atomic E-state index is 0.142. The average molecular weight is 432 g/mol. The van der Waals surface area contributed by atoms with Crippen LogP contribution < -0.4 is 10.0 Å². The van der Waals surface area contributed by atoms with Crippen molar-refractivity contribution in [2.24, 2.45) is 7.05 Å². The molecule has 1 aromatic heterocycles. The zero-order chi connectivity index (χ0) is 22.4. The molecule has 1 aromatic rings. The molecule has 0 aromatic carbocycles. The standard InChI is InChI=1S/C17H29N5O6S/c1-12-19-14(10-21(12)5)29(26,27)18-8-7-16(25)28-11-15(24)22(6)9-13(23)20-17(2,3)4/h10,18H,7-9,11H2,1-6H3,(H,20,23). The van der Waals surface area contributed by atoms with Gasteiger partial charge in [0.05, 0.1) is 13.0 Å². The summed E-state index contributed by atoms with van der Waals surface area (Å²) >= 11 is 0. The van der Waals surface area contributed by atoms with E-state index in [0.29, 0.717) is 5.82 Å². The van der Waals surface area contributed by atoms with Gasteiger partial charge in [-0.2, -0.15) is 0 Å². The van der Waals surface area contributed by atoms with Gasteiger partial charge in [-0.15, -0.1) is 0 Å². The van der Waals surface area contributed by atoms with E-state index >= 15 is 0 Å². The van der Waals surface area contributed by atoms with E-state index in [1.165, 1.54) is 13.2 Å². The largest absolute Gasteiger partial charge is 0.456 e. The number of amides is 2. The smallest absolute Gasteiger partial charge is 0.307 e. The number of hydrogen-bond donors (Lipinski definition) is 2. The number of nitrogens with one attached hydrogen (secondary N) is 2. The van der Waals surface area contributed by atoms with Crippen LogP contribution in [0.2, 0.25) is 0 Å². The molecule has 1 rings (SSSR count). The lowest BCUT2D eigenvalue weighted by Crippen LogP contribution is -2.46. The number of ether oxygens (including phenoxy) is 1. The van der Waals surface area contributed by atoms with E-state index in [1.54, 1.807) is 18.5 Å². The molecule has 0 aliphatic heterocycles. The Kier molecular flexibility index (Phi) is 8.33. The second-order valence-corrected chi connectivity index (χ2v) is 9.31. The average Bonchev–Trinajstić information content (AvgIpc) is 2.90. The van der Waals surface area contributed by atoms with Gasteiger partial charge in [-0.25, -0.2) is 18.1 Å². The third-order valence-corrected chi connectivity index (χ3v) is 4.99. The van der Waals surface area contributed by atoms with Crippen molar-refractivity contribution < 1.29 is 27.5 Å². The molecule has 0 spiro atoms. The van der Waals surface area contributed by atoms with E-state index in [4.69, 9.17) is 4.74 Å². The number of nitrogens with zero attached hydrogens (tertiary/aromatic N) is 3. The lowest BCUT2D eigenvalue weighted by atomic mass is 10.1. The first-order valence-electron chi connectivity index (χ1n) is 8.91. The summed E-state index contributed by atoms with van der Waals surface area (Å²) in [5.41, 5.74) is -0.422. The maximum atomic E-state index is 12.1. The molecule has 29 heavy (non-hydrogen) atoms. The molecule has 12 heteroatoms. The van der Waals surface area contributed by atoms with Gasteiger partial charge in [0.1, 0.15) is 5.82 Å². The predicted octanol–water partition coefficient (Wildman–Crippen LogP) is -0.687. The summed E-state index contributed by atoms with van der Waals surface area (Å²) in [6.45, 7) is 6.21. The summed E-state index contributed by atoms with van der Waals surface area (Å²) < 4.78 is 32.8. The van der Waals surface area contributed by atoms with Crippen LogP contribution >= 0.6 is 0 Å². The second kappa shape index (κ2) is 9.83. The fourth-order valence-electron chi connectivity index (χ4n) is 2.10. The van der Waals surface area contributed by atoms with E-state index in [1.807, 2.05) is 20.8 Å². The molecule has 0 saturated carbocycles. The highest BCUT2D eigenvalue weighted by molar-refractivity contribution is 7.89. The van der Waals surface area contributed by atoms with Crippen LogP contribution in [-0.2, 0) is 36.2 Å². The molecule has 2 amide bonds. The van der Waals surface area contributed by atoms with Gasteiger partial charge in [0.15, 0.2) is 11.6 Å². The van der Waals surface area contributed by atoms with Crippen LogP contribution in [0.1, 0.15) is 33.0 Å². The number of hydrogen-bond acceptors (Lipinski definition) is 7. The maximum absolute atomic E-state index is 12.1. The lowest BCUT2D eigenvalue weighted by molar-refractivity contribution is -0.151. The van der Waals surface area contributed by atoms with Crippen molar-refractivity contribution >= 4 is 27.8 Å². The highest BCUT2D eigenvalue weighted by Crippen LogP contribution is 2.07. The first-order valence-corrected chi connectivity index (χ1v) is 10.4. The first-order chi connectivity index (χ1) is 13.2. The third kappa shape index (κ3) is 8.60. The minimum atomic E-state index is -3.84. The van der Waals surface area contributed by atoms with Crippen molar-refractivity contribution in [3.63, 3.8) is 0 Å². The molecule has 0 saturated heterocycles. The molecular weight excluding hydrogens is 402 g/mol. The van der Waals surface area contributed by atoms with Gasteiger partial charge >= 0.3 is 5.97 Å². The molecule has 0 aliphatic rings. The van der Waals surface area contributed by atoms with Crippen LogP contribution in [0.3, 0.4) is 0 Å². The normalized spacial score (nSPS) is 11.8. The molecule has 164 valence electrons. The van der Waals surface area contributed by atoms with Crippen molar-refractivity contribution in [3.05, 3.63) is 12.0 Å². The number of aromatic nitrogens is 2. The van der Waals surface area contributed by atoms with Crippen LogP contribution in [0, 0.1) is 6.92 Å². The molecule has 1 heterocycles. The van der Waals surface area contributed by atoms with Gasteiger partial charge in [-0.1, -0.05) is 0 Å². The molecule has 0 radical (unpaired) electrons. The number of carbonyl (C=O) groups is 3. The van der Waals surface area contributed by atoms with Gasteiger partial charge < -0.3 is 19.5 Å². The Labute approximate surface area is 170 Å². The fraction of sp³-hybridized carbons (Fsp3) is 0.647. The summed E-state index contributed by atoms with van der Waals surface area (Å²) in [5.74, 6) is -1.10. The molecule has 0 bridgehead atoms. The first kappa shape index (κ1) is 24.6. The number of aryl methyl sites for hydroxylation is 2. The van der Waals surface area contributed by atoms with Crippen LogP contribution in [0.5, 0.6) is 0 Å². The number of carbonyl (C=O) groups excluding carboxylic acids is 3. The second-order valence-electron chi connectivity index (χ2n) is 7.59. The molecule has 0 atom stereocenters. The quantitative estimate of drug-likeness (QED) is 0.493. The van der Waals surface area contributed by atoms with Crippen molar-refractivity contribution in [2.75, 3.05) is 26.7 Å². The van der Waals surface area contributed by atoms with Gasteiger partial charge in [0.2, 0.25) is 5.91 Å². The highest BCUT2D eigenvalue weighted by Gasteiger charge is 2.20. The van der Waals surface area contributed by atoms with Crippen LogP contribution in [0.4, 0.5) is 0 Å². The third-order valence-electron chi connectivity index (χ3n) is 3.66. The lowest BCUT2D eigenvalue weighted by Gasteiger charge is -2.23. The van der Waals surface area contributed by atoms with Crippen molar-refractivity contribution in [3.8, 4) is 0 Å². The highest BCUT2D eigenvalue weighted by atomic mass is 32.2. The SMILES string of the molecule is Cc1nc(S(=O)(=O)NCCC(=O)OCC(=O)N(C)CC(=O)NC(C)(C)C)cn1C. The Morgan fingerprint density at radius 3 is 2.41 bits per heavy atom. The summed E-state index contributed by atoms with van der Waals surface area (Å²) in [6, 6.07) is 0. The molecule has 2 N–H and O–H groups in total. The number of sulfonamides is 1. The van der Waals surface area contributed by atoms with E-state index in [2.05, 4.69) is 15.0 Å². The van der Waals surface area contributed by atoms with Gasteiger partial charge in [0, 0.05) is 32.4 Å². The molecule has 11 nitrogen and oxygen atoms in total. The van der Waals surface area contributed by atoms with Gasteiger partial charge in [-0.3, -0.25) is 14.4 Å². The number of esters is 1. The summed E-state index contributed by atoms with van der Waals surface area (Å²) in [4.78, 5) is 40.5. The van der Waals surface area contributed by atoms with Crippen molar-refractivity contribution in [1.82, 2.24) is 24.5 Å². The van der Waals surface area contributed by atoms with Gasteiger partial charge in [0.25, 0.3) is 15.9 Å². The van der Waals surface area contributed by atoms with Crippen LogP contribution in [0.25, 0.3) is 0 Å². The van der Waals surface area contributed by atoms with Crippen molar-refractivity contribution in [2.45, 2.75) is 44.7 Å². The van der Waals surface area contributed by atoms with Crippen LogP contribution in [0.15, 0.2) is 11.2 Å². The predicted molar refractivity (Wildman–Crippen MR) is 104 cm³/mol. The maximum Gasteiger partial charge on any atom is 0.307 e. The molecule has 0 unspecified atom stereocenters. The Balaban J connectivity index is 2.37. The number of rotatable bonds is 9. The van der Waals surface area contributed by atoms with E-state index in [0.717, 1.165) is 4.90 Å². The Hall–Kier alpha value is -2.47. The van der Waals surface area contributed by atoms with Crippen molar-refractivity contribution in [1.29, 1.82) is 0 Å². The Bertz CT molecular complexity index is 837. The number of likely N-dealkylation sites (N-methyl/N-ethyl adjacent to an activating group) is 1. The zero-order valence-electron chi connectivity index (χ0n) is 17.6. The van der Waals surface area contributed by atoms with E-state index < -0.39 is 34.0 Å². The minimum Gasteiger partial charge on any atom is -0.456 e. The monoisotopic (exact) mass is 431 g/mol. The molecular formula is C17H29N5O6S. The van der Waals surface area contributed by atoms with E-state index in [-0.39, 0.29) is 30.4 Å². The van der Waals surface area contributed by atoms with Crippen LogP contribution in [-0.4, -0.2) is 72.9 Å². The molecule has 0 fully saturated rings. The zero-order valence-corrected chi connectivity index (χ0v) is 18.4.